The minimum Gasteiger partial charge on any atom is -0.199 e. The summed E-state index contributed by atoms with van der Waals surface area (Å²) in [6.45, 7) is 0. The van der Waals surface area contributed by atoms with Gasteiger partial charge in [-0.05, 0) is 31.1 Å². The highest BCUT2D eigenvalue weighted by molar-refractivity contribution is 8.02. The molecule has 0 radical (unpaired) electrons. The predicted octanol–water partition coefficient (Wildman–Crippen LogP) is 5.63. The lowest BCUT2D eigenvalue weighted by atomic mass is 9.42. The molecule has 1 saturated heterocycles. The molecule has 3 atom stereocenters. The monoisotopic (exact) mass is 376 g/mol. The second-order valence-corrected chi connectivity index (χ2v) is 7.98. The van der Waals surface area contributed by atoms with Crippen LogP contribution in [0.3, 0.4) is 0 Å². The zero-order valence-electron chi connectivity index (χ0n) is 11.2. The molecule has 0 aromatic carbocycles. The number of halogens is 10. The average molecular weight is 376 g/mol. The largest absolute Gasteiger partial charge is 0.403 e. The lowest BCUT2D eigenvalue weighted by Crippen LogP contribution is -2.73. The van der Waals surface area contributed by atoms with E-state index in [1.807, 2.05) is 0 Å². The van der Waals surface area contributed by atoms with Crippen molar-refractivity contribution in [1.82, 2.24) is 0 Å². The first-order chi connectivity index (χ1) is 10.1. The van der Waals surface area contributed by atoms with Gasteiger partial charge in [-0.25, -0.2) is 0 Å². The molecule has 4 aliphatic rings. The Morgan fingerprint density at radius 1 is 0.870 bits per heavy atom. The lowest BCUT2D eigenvalue weighted by molar-refractivity contribution is -0.421. The van der Waals surface area contributed by atoms with Crippen molar-refractivity contribution in [3.8, 4) is 0 Å². The Morgan fingerprint density at radius 2 is 1.39 bits per heavy atom. The zero-order chi connectivity index (χ0) is 17.7. The van der Waals surface area contributed by atoms with E-state index in [0.717, 1.165) is 0 Å². The Balaban J connectivity index is 2.09. The van der Waals surface area contributed by atoms with Crippen molar-refractivity contribution in [2.45, 2.75) is 54.0 Å². The van der Waals surface area contributed by atoms with Gasteiger partial charge in [0.05, 0.1) is 0 Å². The zero-order valence-corrected chi connectivity index (χ0v) is 12.0. The van der Waals surface area contributed by atoms with Gasteiger partial charge >= 0.3 is 23.5 Å². The van der Waals surface area contributed by atoms with E-state index >= 15 is 0 Å². The Kier molecular flexibility index (Phi) is 3.22. The van der Waals surface area contributed by atoms with Crippen LogP contribution in [0.2, 0.25) is 0 Å². The van der Waals surface area contributed by atoms with E-state index in [0.29, 0.717) is 0 Å². The summed E-state index contributed by atoms with van der Waals surface area (Å²) in [5.74, 6) is -8.72. The molecule has 0 N–H and O–H groups in total. The first-order valence-electron chi connectivity index (χ1n) is 6.70. The Labute approximate surface area is 128 Å². The summed E-state index contributed by atoms with van der Waals surface area (Å²) >= 11 is -0.705. The van der Waals surface area contributed by atoms with Gasteiger partial charge in [0.2, 0.25) is 0 Å². The summed E-state index contributed by atoms with van der Waals surface area (Å²) in [5.41, 5.74) is -4.16. The topological polar surface area (TPSA) is 0 Å². The molecule has 3 aliphatic carbocycles. The average Bonchev–Trinajstić information content (AvgIpc) is 2.37. The Morgan fingerprint density at radius 3 is 1.74 bits per heavy atom. The molecule has 11 heteroatoms. The number of thioether (sulfide) groups is 1. The maximum absolute atomic E-state index is 13.5. The SMILES string of the molecule is FC(F)(F)C1(C(F)(F)F)C2CCC3(CC(F)(F)C(F)(F)S3)C1C2. The summed E-state index contributed by atoms with van der Waals surface area (Å²) in [5, 5.41) is -4.67. The minimum absolute atomic E-state index is 0.494. The maximum Gasteiger partial charge on any atom is 0.403 e. The number of hydrogen-bond donors (Lipinski definition) is 0. The number of hydrogen-bond acceptors (Lipinski definition) is 1. The highest BCUT2D eigenvalue weighted by Crippen LogP contribution is 2.80. The standard InChI is InChI=1S/C12H10F10S/c13-8(14)4-7(23-12(8,21)22)2-1-5-3-6(7)9(5,10(15,16)17)11(18,19)20/h5-6H,1-4H2. The molecule has 4 rings (SSSR count). The van der Waals surface area contributed by atoms with Gasteiger partial charge in [-0.2, -0.15) is 43.9 Å². The second-order valence-electron chi connectivity index (χ2n) is 6.45. The number of fused-ring (bicyclic) bond motifs is 1. The highest BCUT2D eigenvalue weighted by Gasteiger charge is 2.88. The molecule has 3 unspecified atom stereocenters. The highest BCUT2D eigenvalue weighted by atomic mass is 32.2. The molecule has 1 spiro atoms. The third-order valence-corrected chi connectivity index (χ3v) is 7.08. The van der Waals surface area contributed by atoms with Gasteiger partial charge < -0.3 is 0 Å². The molecule has 0 amide bonds. The molecule has 3 saturated carbocycles. The van der Waals surface area contributed by atoms with Gasteiger partial charge in [0.15, 0.2) is 5.41 Å². The molecule has 0 aromatic heterocycles. The first kappa shape index (κ1) is 17.5. The van der Waals surface area contributed by atoms with E-state index in [2.05, 4.69) is 0 Å². The summed E-state index contributed by atoms with van der Waals surface area (Å²) in [6.07, 6.45) is -14.9. The van der Waals surface area contributed by atoms with Gasteiger partial charge in [0.1, 0.15) is 0 Å². The van der Waals surface area contributed by atoms with E-state index in [-0.39, 0.29) is 0 Å². The van der Waals surface area contributed by atoms with Gasteiger partial charge in [-0.3, -0.25) is 0 Å². The summed E-state index contributed by atoms with van der Waals surface area (Å²) in [7, 11) is 0. The second kappa shape index (κ2) is 4.24. The van der Waals surface area contributed by atoms with Gasteiger partial charge in [0.25, 0.3) is 0 Å². The molecule has 0 aromatic rings. The fourth-order valence-corrected chi connectivity index (χ4v) is 6.18. The normalized spacial score (nSPS) is 41.0. The molecule has 23 heavy (non-hydrogen) atoms. The first-order valence-corrected chi connectivity index (χ1v) is 7.52. The molecule has 1 heterocycles. The van der Waals surface area contributed by atoms with E-state index in [9.17, 15) is 43.9 Å². The van der Waals surface area contributed by atoms with Crippen LogP contribution in [0.1, 0.15) is 25.7 Å². The van der Waals surface area contributed by atoms with Crippen molar-refractivity contribution in [2.75, 3.05) is 0 Å². The molecular formula is C12H10F10S. The fourth-order valence-electron chi connectivity index (χ4n) is 4.55. The van der Waals surface area contributed by atoms with Gasteiger partial charge in [0, 0.05) is 11.2 Å². The van der Waals surface area contributed by atoms with Crippen molar-refractivity contribution >= 4 is 11.8 Å². The molecule has 4 fully saturated rings. The Bertz CT molecular complexity index is 487. The van der Waals surface area contributed by atoms with Crippen molar-refractivity contribution in [1.29, 1.82) is 0 Å². The summed E-state index contributed by atoms with van der Waals surface area (Å²) in [4.78, 5) is 0. The minimum atomic E-state index is -5.72. The van der Waals surface area contributed by atoms with Crippen molar-refractivity contribution in [3.05, 3.63) is 0 Å². The smallest absolute Gasteiger partial charge is 0.199 e. The molecule has 134 valence electrons. The van der Waals surface area contributed by atoms with Crippen LogP contribution >= 0.6 is 11.8 Å². The number of rotatable bonds is 0. The van der Waals surface area contributed by atoms with Crippen LogP contribution < -0.4 is 0 Å². The van der Waals surface area contributed by atoms with Crippen LogP contribution in [0.5, 0.6) is 0 Å². The molecule has 0 nitrogen and oxygen atoms in total. The van der Waals surface area contributed by atoms with E-state index in [1.54, 1.807) is 0 Å². The van der Waals surface area contributed by atoms with Crippen LogP contribution in [0.4, 0.5) is 43.9 Å². The molecule has 2 bridgehead atoms. The lowest BCUT2D eigenvalue weighted by Gasteiger charge is -2.65. The van der Waals surface area contributed by atoms with Crippen LogP contribution in [-0.4, -0.2) is 28.3 Å². The van der Waals surface area contributed by atoms with Crippen LogP contribution in [0, 0.1) is 17.3 Å². The maximum atomic E-state index is 13.5. The van der Waals surface area contributed by atoms with E-state index in [4.69, 9.17) is 0 Å². The molecule has 1 aliphatic heterocycles. The van der Waals surface area contributed by atoms with Crippen LogP contribution in [-0.2, 0) is 0 Å². The van der Waals surface area contributed by atoms with E-state index in [1.165, 1.54) is 0 Å². The van der Waals surface area contributed by atoms with E-state index < -0.39 is 83.0 Å². The summed E-state index contributed by atoms with van der Waals surface area (Å²) in [6, 6.07) is 0. The fraction of sp³-hybridized carbons (Fsp3) is 1.00. The van der Waals surface area contributed by atoms with Crippen molar-refractivity contribution in [3.63, 3.8) is 0 Å². The number of alkyl halides is 10. The van der Waals surface area contributed by atoms with Crippen molar-refractivity contribution in [2.24, 2.45) is 17.3 Å². The predicted molar refractivity (Wildman–Crippen MR) is 60.2 cm³/mol. The quantitative estimate of drug-likeness (QED) is 0.494. The Hall–Kier alpha value is -0.350. The van der Waals surface area contributed by atoms with Gasteiger partial charge in [-0.1, -0.05) is 11.8 Å². The van der Waals surface area contributed by atoms with Gasteiger partial charge in [-0.15, -0.1) is 0 Å². The third-order valence-electron chi connectivity index (χ3n) is 5.48. The third kappa shape index (κ3) is 1.88. The summed E-state index contributed by atoms with van der Waals surface area (Å²) < 4.78 is 131. The van der Waals surface area contributed by atoms with Crippen LogP contribution in [0.15, 0.2) is 0 Å². The molecular weight excluding hydrogens is 366 g/mol. The van der Waals surface area contributed by atoms with Crippen LogP contribution in [0.25, 0.3) is 0 Å². The van der Waals surface area contributed by atoms with Crippen molar-refractivity contribution < 1.29 is 43.9 Å².